The van der Waals surface area contributed by atoms with E-state index in [4.69, 9.17) is 4.74 Å². The predicted molar refractivity (Wildman–Crippen MR) is 76.4 cm³/mol. The molecule has 19 heavy (non-hydrogen) atoms. The summed E-state index contributed by atoms with van der Waals surface area (Å²) < 4.78 is 5.52. The molecule has 0 aliphatic carbocycles. The molecule has 2 rings (SSSR count). The molecule has 1 unspecified atom stereocenters. The van der Waals surface area contributed by atoms with Crippen LogP contribution in [0.2, 0.25) is 0 Å². The molecule has 1 atom stereocenters. The number of hydrogen-bond donors (Lipinski definition) is 1. The van der Waals surface area contributed by atoms with E-state index in [0.717, 1.165) is 49.7 Å². The standard InChI is InChI=1S/C15H24N2O2/c1-3-14-7-13(10-18)8-15(16-14)17(2)9-12-5-4-6-19-11-12/h7-8,12,18H,3-6,9-11H2,1-2H3. The van der Waals surface area contributed by atoms with Gasteiger partial charge in [0.05, 0.1) is 13.2 Å². The first-order chi connectivity index (χ1) is 9.22. The summed E-state index contributed by atoms with van der Waals surface area (Å²) in [4.78, 5) is 6.82. The molecule has 2 heterocycles. The zero-order valence-corrected chi connectivity index (χ0v) is 11.9. The molecular formula is C15H24N2O2. The lowest BCUT2D eigenvalue weighted by Crippen LogP contribution is -2.31. The van der Waals surface area contributed by atoms with Crippen molar-refractivity contribution < 1.29 is 9.84 Å². The number of hydrogen-bond acceptors (Lipinski definition) is 4. The smallest absolute Gasteiger partial charge is 0.128 e. The van der Waals surface area contributed by atoms with Crippen LogP contribution in [0, 0.1) is 5.92 Å². The van der Waals surface area contributed by atoms with Gasteiger partial charge in [-0.25, -0.2) is 4.98 Å². The van der Waals surface area contributed by atoms with Gasteiger partial charge in [0.1, 0.15) is 5.82 Å². The molecule has 1 aliphatic heterocycles. The van der Waals surface area contributed by atoms with Gasteiger partial charge in [-0.15, -0.1) is 0 Å². The summed E-state index contributed by atoms with van der Waals surface area (Å²) in [5, 5.41) is 9.32. The largest absolute Gasteiger partial charge is 0.392 e. The van der Waals surface area contributed by atoms with Gasteiger partial charge in [0, 0.05) is 25.9 Å². The van der Waals surface area contributed by atoms with Gasteiger partial charge in [0.25, 0.3) is 0 Å². The Balaban J connectivity index is 2.06. The Labute approximate surface area is 115 Å². The summed E-state index contributed by atoms with van der Waals surface area (Å²) in [5.74, 6) is 1.54. The van der Waals surface area contributed by atoms with Gasteiger partial charge >= 0.3 is 0 Å². The van der Waals surface area contributed by atoms with Gasteiger partial charge < -0.3 is 14.7 Å². The fourth-order valence-electron chi connectivity index (χ4n) is 2.53. The minimum atomic E-state index is 0.0723. The number of ether oxygens (including phenoxy) is 1. The number of aliphatic hydroxyl groups is 1. The summed E-state index contributed by atoms with van der Waals surface area (Å²) in [5.41, 5.74) is 1.97. The number of pyridine rings is 1. The number of nitrogens with zero attached hydrogens (tertiary/aromatic N) is 2. The summed E-state index contributed by atoms with van der Waals surface area (Å²) in [6.07, 6.45) is 3.27. The van der Waals surface area contributed by atoms with E-state index in [-0.39, 0.29) is 6.61 Å². The second-order valence-corrected chi connectivity index (χ2v) is 5.30. The van der Waals surface area contributed by atoms with Crippen molar-refractivity contribution in [2.75, 3.05) is 31.7 Å². The zero-order valence-electron chi connectivity index (χ0n) is 11.9. The van der Waals surface area contributed by atoms with E-state index in [2.05, 4.69) is 23.9 Å². The zero-order chi connectivity index (χ0) is 13.7. The molecule has 0 amide bonds. The van der Waals surface area contributed by atoms with Crippen molar-refractivity contribution in [1.82, 2.24) is 4.98 Å². The Morgan fingerprint density at radius 1 is 1.47 bits per heavy atom. The molecule has 0 radical (unpaired) electrons. The summed E-state index contributed by atoms with van der Waals surface area (Å²) in [6.45, 7) is 4.87. The second kappa shape index (κ2) is 6.87. The molecule has 0 saturated carbocycles. The fourth-order valence-corrected chi connectivity index (χ4v) is 2.53. The number of rotatable bonds is 5. The van der Waals surface area contributed by atoms with E-state index in [1.807, 2.05) is 12.1 Å². The molecule has 1 aliphatic rings. The highest BCUT2D eigenvalue weighted by Gasteiger charge is 2.17. The molecule has 1 aromatic rings. The fraction of sp³-hybridized carbons (Fsp3) is 0.667. The first-order valence-corrected chi connectivity index (χ1v) is 7.12. The van der Waals surface area contributed by atoms with Crippen LogP contribution in [0.1, 0.15) is 31.0 Å². The van der Waals surface area contributed by atoms with Gasteiger partial charge in [-0.2, -0.15) is 0 Å². The van der Waals surface area contributed by atoms with E-state index in [0.29, 0.717) is 5.92 Å². The number of aliphatic hydroxyl groups excluding tert-OH is 1. The summed E-state index contributed by atoms with van der Waals surface area (Å²) in [6, 6.07) is 3.95. The third kappa shape index (κ3) is 3.91. The van der Waals surface area contributed by atoms with E-state index in [1.165, 1.54) is 6.42 Å². The summed E-state index contributed by atoms with van der Waals surface area (Å²) in [7, 11) is 2.07. The lowest BCUT2D eigenvalue weighted by atomic mass is 10.0. The van der Waals surface area contributed by atoms with Crippen molar-refractivity contribution in [3.8, 4) is 0 Å². The highest BCUT2D eigenvalue weighted by atomic mass is 16.5. The van der Waals surface area contributed by atoms with E-state index < -0.39 is 0 Å². The Kier molecular flexibility index (Phi) is 5.16. The first-order valence-electron chi connectivity index (χ1n) is 7.12. The van der Waals surface area contributed by atoms with E-state index >= 15 is 0 Å². The molecule has 4 nitrogen and oxygen atoms in total. The SMILES string of the molecule is CCc1cc(CO)cc(N(C)CC2CCCOC2)n1. The second-order valence-electron chi connectivity index (χ2n) is 5.30. The lowest BCUT2D eigenvalue weighted by molar-refractivity contribution is 0.0576. The van der Waals surface area contributed by atoms with Crippen LogP contribution in [0.25, 0.3) is 0 Å². The average Bonchev–Trinajstić information content (AvgIpc) is 2.47. The van der Waals surface area contributed by atoms with Crippen LogP contribution in [0.3, 0.4) is 0 Å². The normalized spacial score (nSPS) is 19.4. The molecule has 4 heteroatoms. The molecule has 106 valence electrons. The molecular weight excluding hydrogens is 240 g/mol. The monoisotopic (exact) mass is 264 g/mol. The molecule has 0 spiro atoms. The van der Waals surface area contributed by atoms with Gasteiger partial charge in [-0.1, -0.05) is 6.92 Å². The van der Waals surface area contributed by atoms with Crippen LogP contribution in [0.5, 0.6) is 0 Å². The molecule has 1 aromatic heterocycles. The van der Waals surface area contributed by atoms with Crippen LogP contribution in [0.15, 0.2) is 12.1 Å². The van der Waals surface area contributed by atoms with E-state index in [1.54, 1.807) is 0 Å². The third-order valence-electron chi connectivity index (χ3n) is 3.65. The number of aromatic nitrogens is 1. The minimum absolute atomic E-state index is 0.0723. The van der Waals surface area contributed by atoms with Gasteiger partial charge in [-0.3, -0.25) is 0 Å². The Bertz CT molecular complexity index is 381. The average molecular weight is 264 g/mol. The number of aryl methyl sites for hydroxylation is 1. The molecule has 1 fully saturated rings. The predicted octanol–water partition coefficient (Wildman–Crippen LogP) is 2.00. The Morgan fingerprint density at radius 2 is 2.32 bits per heavy atom. The Hall–Kier alpha value is -1.13. The van der Waals surface area contributed by atoms with Gasteiger partial charge in [0.15, 0.2) is 0 Å². The quantitative estimate of drug-likeness (QED) is 0.883. The van der Waals surface area contributed by atoms with Crippen molar-refractivity contribution in [2.45, 2.75) is 32.8 Å². The van der Waals surface area contributed by atoms with Crippen molar-refractivity contribution >= 4 is 5.82 Å². The maximum atomic E-state index is 9.32. The molecule has 1 saturated heterocycles. The van der Waals surface area contributed by atoms with Crippen LogP contribution in [-0.2, 0) is 17.8 Å². The van der Waals surface area contributed by atoms with Crippen molar-refractivity contribution in [1.29, 1.82) is 0 Å². The molecule has 0 bridgehead atoms. The van der Waals surface area contributed by atoms with Gasteiger partial charge in [0.2, 0.25) is 0 Å². The van der Waals surface area contributed by atoms with Crippen LogP contribution >= 0.6 is 0 Å². The van der Waals surface area contributed by atoms with E-state index in [9.17, 15) is 5.11 Å². The minimum Gasteiger partial charge on any atom is -0.392 e. The van der Waals surface area contributed by atoms with Crippen LogP contribution < -0.4 is 4.90 Å². The topological polar surface area (TPSA) is 45.6 Å². The van der Waals surface area contributed by atoms with Crippen molar-refractivity contribution in [2.24, 2.45) is 5.92 Å². The van der Waals surface area contributed by atoms with Crippen LogP contribution in [-0.4, -0.2) is 36.9 Å². The lowest BCUT2D eigenvalue weighted by Gasteiger charge is -2.28. The van der Waals surface area contributed by atoms with Crippen molar-refractivity contribution in [3.63, 3.8) is 0 Å². The van der Waals surface area contributed by atoms with Crippen molar-refractivity contribution in [3.05, 3.63) is 23.4 Å². The van der Waals surface area contributed by atoms with Gasteiger partial charge in [-0.05, 0) is 42.9 Å². The first kappa shape index (κ1) is 14.3. The highest BCUT2D eigenvalue weighted by Crippen LogP contribution is 2.19. The third-order valence-corrected chi connectivity index (χ3v) is 3.65. The Morgan fingerprint density at radius 3 is 2.95 bits per heavy atom. The number of anilines is 1. The van der Waals surface area contributed by atoms with Crippen LogP contribution in [0.4, 0.5) is 5.82 Å². The molecule has 1 N–H and O–H groups in total. The highest BCUT2D eigenvalue weighted by molar-refractivity contribution is 5.42. The maximum absolute atomic E-state index is 9.32. The maximum Gasteiger partial charge on any atom is 0.128 e. The molecule has 0 aromatic carbocycles. The summed E-state index contributed by atoms with van der Waals surface area (Å²) >= 11 is 0.